The normalized spacial score (nSPS) is 29.0. The lowest BCUT2D eigenvalue weighted by Crippen LogP contribution is -2.64. The Kier molecular flexibility index (Phi) is 6.87. The van der Waals surface area contributed by atoms with Crippen LogP contribution in [0.4, 0.5) is 0 Å². The van der Waals surface area contributed by atoms with E-state index in [-0.39, 0.29) is 0 Å². The zero-order valence-corrected chi connectivity index (χ0v) is 21.2. The van der Waals surface area contributed by atoms with Crippen molar-refractivity contribution in [2.45, 2.75) is 71.4 Å². The smallest absolute Gasteiger partial charge is 0.317 e. The van der Waals surface area contributed by atoms with E-state index in [1.165, 1.54) is 0 Å². The van der Waals surface area contributed by atoms with Crippen LogP contribution in [0.2, 0.25) is 65.0 Å². The molecule has 0 aromatic carbocycles. The molecule has 1 rings (SSSR count). The largest absolute Gasteiger partial charge is 0.416 e. The number of hydrogen-bond acceptors (Lipinski definition) is 6. The van der Waals surface area contributed by atoms with Crippen molar-refractivity contribution in [1.29, 1.82) is 0 Å². The number of hydrogen-bond donors (Lipinski definition) is 1. The van der Waals surface area contributed by atoms with Crippen molar-refractivity contribution >= 4 is 42.8 Å². The third-order valence-electron chi connectivity index (χ3n) is 3.23. The quantitative estimate of drug-likeness (QED) is 0.716. The Morgan fingerprint density at radius 1 is 0.565 bits per heavy atom. The molecule has 0 bridgehead atoms. The van der Waals surface area contributed by atoms with Crippen molar-refractivity contribution in [1.82, 2.24) is 0 Å². The molecule has 0 spiro atoms. The predicted octanol–water partition coefficient (Wildman–Crippen LogP) is 3.31. The Bertz CT molecular complexity index is 389. The highest BCUT2D eigenvalue weighted by Crippen LogP contribution is 2.32. The summed E-state index contributed by atoms with van der Waals surface area (Å²) >= 11 is 0. The molecule has 138 valence electrons. The number of nitrogens with two attached hydrogens (primary N) is 1. The molecule has 1 saturated heterocycles. The predicted molar refractivity (Wildman–Crippen MR) is 105 cm³/mol. The summed E-state index contributed by atoms with van der Waals surface area (Å²) < 4.78 is 32.3. The van der Waals surface area contributed by atoms with Crippen LogP contribution in [-0.4, -0.2) is 49.3 Å². The molecular formula is C12H35NO5Si5. The maximum Gasteiger partial charge on any atom is 0.317 e. The minimum atomic E-state index is -2.41. The molecular weight excluding hydrogens is 379 g/mol. The zero-order valence-electron chi connectivity index (χ0n) is 16.2. The van der Waals surface area contributed by atoms with Gasteiger partial charge in [0.1, 0.15) is 0 Å². The van der Waals surface area contributed by atoms with Crippen LogP contribution >= 0.6 is 0 Å². The van der Waals surface area contributed by atoms with Gasteiger partial charge in [0.25, 0.3) is 0 Å². The molecule has 0 saturated carbocycles. The van der Waals surface area contributed by atoms with E-state index < -0.39 is 42.8 Å². The second kappa shape index (κ2) is 7.22. The molecule has 2 N–H and O–H groups in total. The fourth-order valence-electron chi connectivity index (χ4n) is 3.45. The van der Waals surface area contributed by atoms with Crippen molar-refractivity contribution in [2.24, 2.45) is 5.73 Å². The summed E-state index contributed by atoms with van der Waals surface area (Å²) in [4.78, 5) is 0. The SMILES string of the molecule is C[Si]1(C)O[Si](C)(C)O[Si](C)(C)O[Si](C)(CCCN)O[Si](C)(C)O1. The third-order valence-corrected chi connectivity index (χ3v) is 23.7. The molecule has 1 heterocycles. The van der Waals surface area contributed by atoms with Crippen molar-refractivity contribution in [3.8, 4) is 0 Å². The van der Waals surface area contributed by atoms with Crippen molar-refractivity contribution in [3.05, 3.63) is 0 Å². The van der Waals surface area contributed by atoms with Gasteiger partial charge < -0.3 is 26.3 Å². The number of rotatable bonds is 3. The van der Waals surface area contributed by atoms with Crippen molar-refractivity contribution < 1.29 is 20.6 Å². The van der Waals surface area contributed by atoms with E-state index in [0.717, 1.165) is 12.5 Å². The van der Waals surface area contributed by atoms with Crippen LogP contribution in [0, 0.1) is 0 Å². The van der Waals surface area contributed by atoms with Crippen LogP contribution in [0.1, 0.15) is 6.42 Å². The Morgan fingerprint density at radius 3 is 1.17 bits per heavy atom. The van der Waals surface area contributed by atoms with Crippen LogP contribution < -0.4 is 5.73 Å². The zero-order chi connectivity index (χ0) is 18.2. The van der Waals surface area contributed by atoms with Gasteiger partial charge in [0.2, 0.25) is 0 Å². The first-order valence-electron chi connectivity index (χ1n) is 8.30. The van der Waals surface area contributed by atoms with Gasteiger partial charge in [-0.05, 0) is 77.9 Å². The summed E-state index contributed by atoms with van der Waals surface area (Å²) in [6.07, 6.45) is 0.899. The van der Waals surface area contributed by atoms with E-state index in [9.17, 15) is 0 Å². The first-order chi connectivity index (χ1) is 10.1. The Balaban J connectivity index is 3.19. The first-order valence-corrected chi connectivity index (χ1v) is 22.1. The van der Waals surface area contributed by atoms with Gasteiger partial charge in [0.15, 0.2) is 0 Å². The molecule has 0 amide bonds. The molecule has 0 radical (unpaired) electrons. The highest BCUT2D eigenvalue weighted by atomic mass is 28.5. The molecule has 1 aliphatic heterocycles. The van der Waals surface area contributed by atoms with Gasteiger partial charge in [0, 0.05) is 0 Å². The maximum atomic E-state index is 6.55. The lowest BCUT2D eigenvalue weighted by molar-refractivity contribution is 0.235. The van der Waals surface area contributed by atoms with E-state index in [4.69, 9.17) is 26.3 Å². The highest BCUT2D eigenvalue weighted by molar-refractivity contribution is 6.93. The van der Waals surface area contributed by atoms with E-state index in [1.807, 2.05) is 0 Å². The standard InChI is InChI=1S/C12H35NO5Si5/c1-19(2)14-20(3,4)16-22(7,8)18-23(9,12-10-11-13)17-21(5,6)15-19/h10-13H2,1-9H3. The summed E-state index contributed by atoms with van der Waals surface area (Å²) in [5, 5.41) is 0. The molecule has 0 aromatic rings. The molecule has 0 aliphatic carbocycles. The molecule has 0 aromatic heterocycles. The molecule has 0 unspecified atom stereocenters. The van der Waals surface area contributed by atoms with Gasteiger partial charge in [0.05, 0.1) is 0 Å². The van der Waals surface area contributed by atoms with Gasteiger partial charge in [-0.25, -0.2) is 0 Å². The van der Waals surface area contributed by atoms with Gasteiger partial charge in [-0.3, -0.25) is 0 Å². The second-order valence-electron chi connectivity index (χ2n) is 8.14. The topological polar surface area (TPSA) is 72.2 Å². The average molecular weight is 414 g/mol. The molecule has 11 heteroatoms. The summed E-state index contributed by atoms with van der Waals surface area (Å²) in [6.45, 7) is 19.5. The average Bonchev–Trinajstić information content (AvgIpc) is 2.16. The van der Waals surface area contributed by atoms with Crippen LogP contribution in [0.25, 0.3) is 0 Å². The van der Waals surface area contributed by atoms with Crippen molar-refractivity contribution in [3.63, 3.8) is 0 Å². The van der Waals surface area contributed by atoms with E-state index in [1.54, 1.807) is 0 Å². The van der Waals surface area contributed by atoms with Crippen LogP contribution in [0.15, 0.2) is 0 Å². The maximum absolute atomic E-state index is 6.55. The van der Waals surface area contributed by atoms with Gasteiger partial charge in [-0.1, -0.05) is 0 Å². The summed E-state index contributed by atoms with van der Waals surface area (Å²) in [7, 11) is -11.7. The first kappa shape index (κ1) is 21.9. The molecule has 23 heavy (non-hydrogen) atoms. The lowest BCUT2D eigenvalue weighted by atomic mass is 10.5. The van der Waals surface area contributed by atoms with Gasteiger partial charge in [-0.15, -0.1) is 0 Å². The van der Waals surface area contributed by atoms with Crippen LogP contribution in [-0.2, 0) is 20.6 Å². The van der Waals surface area contributed by atoms with Gasteiger partial charge in [-0.2, -0.15) is 0 Å². The Morgan fingerprint density at radius 2 is 0.870 bits per heavy atom. The van der Waals surface area contributed by atoms with E-state index >= 15 is 0 Å². The summed E-state index contributed by atoms with van der Waals surface area (Å²) in [5.74, 6) is 0. The van der Waals surface area contributed by atoms with Crippen molar-refractivity contribution in [2.75, 3.05) is 6.54 Å². The van der Waals surface area contributed by atoms with Gasteiger partial charge >= 0.3 is 42.8 Å². The highest BCUT2D eigenvalue weighted by Gasteiger charge is 2.52. The summed E-state index contributed by atoms with van der Waals surface area (Å²) in [5.41, 5.74) is 5.72. The monoisotopic (exact) mass is 413 g/mol. The van der Waals surface area contributed by atoms with Crippen LogP contribution in [0.3, 0.4) is 0 Å². The molecule has 1 fully saturated rings. The Labute approximate surface area is 147 Å². The van der Waals surface area contributed by atoms with E-state index in [0.29, 0.717) is 6.54 Å². The molecule has 1 aliphatic rings. The van der Waals surface area contributed by atoms with Crippen LogP contribution in [0.5, 0.6) is 0 Å². The fraction of sp³-hybridized carbons (Fsp3) is 1.00. The minimum absolute atomic E-state index is 0.643. The van der Waals surface area contributed by atoms with E-state index in [2.05, 4.69) is 58.9 Å². The minimum Gasteiger partial charge on any atom is -0.416 e. The Hall–Kier alpha value is 0.844. The third kappa shape index (κ3) is 7.73. The molecule has 6 nitrogen and oxygen atoms in total. The molecule has 0 atom stereocenters. The summed E-state index contributed by atoms with van der Waals surface area (Å²) in [6, 6.07) is 0.869. The second-order valence-corrected chi connectivity index (χ2v) is 26.2. The lowest BCUT2D eigenvalue weighted by Gasteiger charge is -2.47. The fourth-order valence-corrected chi connectivity index (χ4v) is 30.3.